The highest BCUT2D eigenvalue weighted by Crippen LogP contribution is 2.25. The second kappa shape index (κ2) is 7.14. The van der Waals surface area contributed by atoms with Gasteiger partial charge in [-0.25, -0.2) is 9.67 Å². The summed E-state index contributed by atoms with van der Waals surface area (Å²) in [5, 5.41) is 7.27. The predicted molar refractivity (Wildman–Crippen MR) is 91.5 cm³/mol. The van der Waals surface area contributed by atoms with Crippen LogP contribution in [-0.4, -0.2) is 26.8 Å². The number of benzene rings is 1. The molecule has 0 aliphatic carbocycles. The number of anilines is 1. The Kier molecular flexibility index (Phi) is 4.77. The molecule has 3 aromatic rings. The van der Waals surface area contributed by atoms with E-state index in [0.717, 1.165) is 5.69 Å². The van der Waals surface area contributed by atoms with Crippen LogP contribution in [0.3, 0.4) is 0 Å². The molecule has 6 nitrogen and oxygen atoms in total. The first-order valence-electron chi connectivity index (χ1n) is 7.32. The van der Waals surface area contributed by atoms with Gasteiger partial charge in [0.15, 0.2) is 6.10 Å². The molecular weight excluding hydrogens is 328 g/mol. The first-order chi connectivity index (χ1) is 11.6. The zero-order chi connectivity index (χ0) is 16.9. The third kappa shape index (κ3) is 3.72. The quantitative estimate of drug-likeness (QED) is 0.772. The molecule has 7 heteroatoms. The number of amides is 1. The molecule has 0 saturated carbocycles. The number of para-hydroxylation sites is 1. The minimum Gasteiger partial charge on any atom is -0.462 e. The highest BCUT2D eigenvalue weighted by Gasteiger charge is 2.19. The third-order valence-electron chi connectivity index (χ3n) is 3.23. The molecule has 0 saturated heterocycles. The van der Waals surface area contributed by atoms with Gasteiger partial charge in [-0.15, -0.1) is 5.10 Å². The standard InChI is InChI=1S/C17H15ClN4O2/c1-12(16(23)20-15-9-5-6-10-19-15)24-17-14(18)11-22(21-17)13-7-3-2-4-8-13/h2-12H,1H3,(H,19,20,23)/t12-/m0/s1. The van der Waals surface area contributed by atoms with Crippen molar-refractivity contribution in [2.45, 2.75) is 13.0 Å². The Hall–Kier alpha value is -2.86. The summed E-state index contributed by atoms with van der Waals surface area (Å²) in [6, 6.07) is 14.7. The van der Waals surface area contributed by atoms with Crippen LogP contribution >= 0.6 is 11.6 Å². The minimum absolute atomic E-state index is 0.198. The number of halogens is 1. The van der Waals surface area contributed by atoms with E-state index in [4.69, 9.17) is 16.3 Å². The normalized spacial score (nSPS) is 11.8. The van der Waals surface area contributed by atoms with E-state index in [2.05, 4.69) is 15.4 Å². The van der Waals surface area contributed by atoms with Crippen LogP contribution in [0.25, 0.3) is 5.69 Å². The number of carbonyl (C=O) groups excluding carboxylic acids is 1. The van der Waals surface area contributed by atoms with E-state index in [9.17, 15) is 4.79 Å². The number of carbonyl (C=O) groups is 1. The van der Waals surface area contributed by atoms with Gasteiger partial charge in [-0.2, -0.15) is 0 Å². The lowest BCUT2D eigenvalue weighted by atomic mass is 10.3. The molecule has 0 unspecified atom stereocenters. The number of nitrogens with one attached hydrogen (secondary N) is 1. The number of ether oxygens (including phenoxy) is 1. The minimum atomic E-state index is -0.774. The highest BCUT2D eigenvalue weighted by atomic mass is 35.5. The van der Waals surface area contributed by atoms with Crippen LogP contribution in [-0.2, 0) is 4.79 Å². The first kappa shape index (κ1) is 16.0. The maximum atomic E-state index is 12.2. The molecule has 24 heavy (non-hydrogen) atoms. The number of hydrogen-bond donors (Lipinski definition) is 1. The fraction of sp³-hybridized carbons (Fsp3) is 0.118. The Morgan fingerprint density at radius 1 is 1.21 bits per heavy atom. The number of pyridine rings is 1. The van der Waals surface area contributed by atoms with Gasteiger partial charge in [-0.1, -0.05) is 35.9 Å². The molecule has 0 aliphatic rings. The van der Waals surface area contributed by atoms with Crippen molar-refractivity contribution in [2.24, 2.45) is 0 Å². The van der Waals surface area contributed by atoms with Crippen molar-refractivity contribution < 1.29 is 9.53 Å². The second-order valence-electron chi connectivity index (χ2n) is 5.03. The van der Waals surface area contributed by atoms with Gasteiger partial charge in [0, 0.05) is 6.20 Å². The molecule has 2 heterocycles. The molecule has 0 fully saturated rings. The smallest absolute Gasteiger partial charge is 0.266 e. The molecule has 0 aliphatic heterocycles. The Morgan fingerprint density at radius 3 is 2.67 bits per heavy atom. The summed E-state index contributed by atoms with van der Waals surface area (Å²) in [4.78, 5) is 16.2. The van der Waals surface area contributed by atoms with Crippen LogP contribution in [0.1, 0.15) is 6.92 Å². The van der Waals surface area contributed by atoms with E-state index in [0.29, 0.717) is 10.8 Å². The maximum Gasteiger partial charge on any atom is 0.266 e. The van der Waals surface area contributed by atoms with Crippen LogP contribution in [0.2, 0.25) is 5.02 Å². The van der Waals surface area contributed by atoms with E-state index in [1.807, 2.05) is 30.3 Å². The SMILES string of the molecule is C[C@H](Oc1nn(-c2ccccc2)cc1Cl)C(=O)Nc1ccccn1. The average Bonchev–Trinajstić information content (AvgIpc) is 2.97. The van der Waals surface area contributed by atoms with Crippen molar-refractivity contribution in [3.63, 3.8) is 0 Å². The zero-order valence-electron chi connectivity index (χ0n) is 12.9. The number of hydrogen-bond acceptors (Lipinski definition) is 4. The summed E-state index contributed by atoms with van der Waals surface area (Å²) in [5.41, 5.74) is 0.847. The van der Waals surface area contributed by atoms with Crippen LogP contribution in [0.15, 0.2) is 60.9 Å². The lowest BCUT2D eigenvalue weighted by Crippen LogP contribution is -2.30. The summed E-state index contributed by atoms with van der Waals surface area (Å²) in [6.45, 7) is 1.62. The van der Waals surface area contributed by atoms with Gasteiger partial charge in [-0.05, 0) is 31.2 Å². The number of rotatable bonds is 5. The monoisotopic (exact) mass is 342 g/mol. The largest absolute Gasteiger partial charge is 0.462 e. The summed E-state index contributed by atoms with van der Waals surface area (Å²) in [7, 11) is 0. The van der Waals surface area contributed by atoms with Crippen LogP contribution in [0.4, 0.5) is 5.82 Å². The average molecular weight is 343 g/mol. The van der Waals surface area contributed by atoms with Crippen molar-refractivity contribution in [1.82, 2.24) is 14.8 Å². The highest BCUT2D eigenvalue weighted by molar-refractivity contribution is 6.31. The van der Waals surface area contributed by atoms with Crippen LogP contribution in [0.5, 0.6) is 5.88 Å². The predicted octanol–water partition coefficient (Wildman–Crippen LogP) is 3.33. The molecule has 1 aromatic carbocycles. The molecular formula is C17H15ClN4O2. The van der Waals surface area contributed by atoms with Gasteiger partial charge in [0.2, 0.25) is 0 Å². The molecule has 0 spiro atoms. The molecule has 0 radical (unpaired) electrons. The summed E-state index contributed by atoms with van der Waals surface area (Å²) < 4.78 is 7.18. The van der Waals surface area contributed by atoms with Crippen molar-refractivity contribution in [3.05, 3.63) is 65.9 Å². The van der Waals surface area contributed by atoms with Gasteiger partial charge >= 0.3 is 0 Å². The van der Waals surface area contributed by atoms with Crippen LogP contribution in [0, 0.1) is 0 Å². The molecule has 1 N–H and O–H groups in total. The van der Waals surface area contributed by atoms with Gasteiger partial charge in [-0.3, -0.25) is 4.79 Å². The van der Waals surface area contributed by atoms with Gasteiger partial charge in [0.25, 0.3) is 11.8 Å². The Balaban J connectivity index is 1.69. The summed E-state index contributed by atoms with van der Waals surface area (Å²) in [6.07, 6.45) is 2.46. The summed E-state index contributed by atoms with van der Waals surface area (Å²) in [5.74, 6) is 0.321. The molecule has 3 rings (SSSR count). The van der Waals surface area contributed by atoms with Crippen LogP contribution < -0.4 is 10.1 Å². The van der Waals surface area contributed by atoms with Crippen molar-refractivity contribution >= 4 is 23.3 Å². The van der Waals surface area contributed by atoms with E-state index < -0.39 is 6.10 Å². The van der Waals surface area contributed by atoms with E-state index >= 15 is 0 Å². The first-order valence-corrected chi connectivity index (χ1v) is 7.70. The van der Waals surface area contributed by atoms with E-state index in [1.54, 1.807) is 42.2 Å². The Labute approximate surface area is 144 Å². The molecule has 0 bridgehead atoms. The topological polar surface area (TPSA) is 69.0 Å². The van der Waals surface area contributed by atoms with Gasteiger partial charge < -0.3 is 10.1 Å². The van der Waals surface area contributed by atoms with Crippen molar-refractivity contribution in [1.29, 1.82) is 0 Å². The van der Waals surface area contributed by atoms with E-state index in [1.165, 1.54) is 0 Å². The lowest BCUT2D eigenvalue weighted by molar-refractivity contribution is -0.122. The number of aromatic nitrogens is 3. The molecule has 2 aromatic heterocycles. The van der Waals surface area contributed by atoms with Gasteiger partial charge in [0.1, 0.15) is 10.8 Å². The van der Waals surface area contributed by atoms with Crippen molar-refractivity contribution in [2.75, 3.05) is 5.32 Å². The van der Waals surface area contributed by atoms with Gasteiger partial charge in [0.05, 0.1) is 11.9 Å². The Bertz CT molecular complexity index is 821. The Morgan fingerprint density at radius 2 is 1.96 bits per heavy atom. The summed E-state index contributed by atoms with van der Waals surface area (Å²) >= 11 is 6.15. The number of nitrogens with zero attached hydrogens (tertiary/aromatic N) is 3. The van der Waals surface area contributed by atoms with E-state index in [-0.39, 0.29) is 11.8 Å². The second-order valence-corrected chi connectivity index (χ2v) is 5.43. The fourth-order valence-electron chi connectivity index (χ4n) is 2.02. The molecule has 1 amide bonds. The molecule has 122 valence electrons. The molecule has 1 atom stereocenters. The lowest BCUT2D eigenvalue weighted by Gasteiger charge is -2.12. The zero-order valence-corrected chi connectivity index (χ0v) is 13.6. The maximum absolute atomic E-state index is 12.2. The fourth-order valence-corrected chi connectivity index (χ4v) is 2.19. The van der Waals surface area contributed by atoms with Crippen molar-refractivity contribution in [3.8, 4) is 11.6 Å². The third-order valence-corrected chi connectivity index (χ3v) is 3.49.